The number of carbonyl (C=O) groups excluding carboxylic acids is 1. The van der Waals surface area contributed by atoms with Gasteiger partial charge in [0.25, 0.3) is 0 Å². The van der Waals surface area contributed by atoms with E-state index in [2.05, 4.69) is 31.9 Å². The highest BCUT2D eigenvalue weighted by Crippen LogP contribution is 2.22. The van der Waals surface area contributed by atoms with Crippen LogP contribution in [0.4, 0.5) is 0 Å². The van der Waals surface area contributed by atoms with Crippen LogP contribution < -0.4 is 0 Å². The Kier molecular flexibility index (Phi) is 4.49. The van der Waals surface area contributed by atoms with Crippen LogP contribution in [-0.4, -0.2) is 17.8 Å². The number of hydrogen-bond donors (Lipinski definition) is 0. The van der Waals surface area contributed by atoms with Gasteiger partial charge in [0.1, 0.15) is 0 Å². The third-order valence-corrected chi connectivity index (χ3v) is 3.24. The van der Waals surface area contributed by atoms with Gasteiger partial charge in [-0.05, 0) is 24.5 Å². The SMILES string of the molecule is CSCC(=O)c1cc(Br)ccc1Br. The predicted molar refractivity (Wildman–Crippen MR) is 64.6 cm³/mol. The van der Waals surface area contributed by atoms with Crippen molar-refractivity contribution in [2.75, 3.05) is 12.0 Å². The fraction of sp³-hybridized carbons (Fsp3) is 0.222. The van der Waals surface area contributed by atoms with E-state index in [0.717, 1.165) is 14.5 Å². The van der Waals surface area contributed by atoms with Crippen LogP contribution in [0.2, 0.25) is 0 Å². The second kappa shape index (κ2) is 5.17. The van der Waals surface area contributed by atoms with Gasteiger partial charge in [-0.25, -0.2) is 0 Å². The van der Waals surface area contributed by atoms with Crippen molar-refractivity contribution in [2.24, 2.45) is 0 Å². The first-order chi connectivity index (χ1) is 6.15. The van der Waals surface area contributed by atoms with Crippen LogP contribution in [0.25, 0.3) is 0 Å². The zero-order valence-corrected chi connectivity index (χ0v) is 11.0. The number of halogens is 2. The molecule has 0 unspecified atom stereocenters. The molecule has 0 amide bonds. The van der Waals surface area contributed by atoms with Gasteiger partial charge in [-0.3, -0.25) is 4.79 Å². The van der Waals surface area contributed by atoms with Crippen LogP contribution in [-0.2, 0) is 0 Å². The minimum Gasteiger partial charge on any atom is -0.293 e. The summed E-state index contributed by atoms with van der Waals surface area (Å²) in [5.74, 6) is 0.676. The molecule has 0 N–H and O–H groups in total. The quantitative estimate of drug-likeness (QED) is 0.788. The molecule has 1 aromatic carbocycles. The normalized spacial score (nSPS) is 10.1. The van der Waals surface area contributed by atoms with E-state index in [4.69, 9.17) is 0 Å². The molecule has 0 fully saturated rings. The number of Topliss-reactive ketones (excluding diaryl/α,β-unsaturated/α-hetero) is 1. The van der Waals surface area contributed by atoms with Gasteiger partial charge < -0.3 is 0 Å². The van der Waals surface area contributed by atoms with Gasteiger partial charge in [-0.15, -0.1) is 0 Å². The number of thioether (sulfide) groups is 1. The lowest BCUT2D eigenvalue weighted by molar-refractivity contribution is 0.102. The summed E-state index contributed by atoms with van der Waals surface area (Å²) >= 11 is 8.22. The van der Waals surface area contributed by atoms with Gasteiger partial charge in [0.2, 0.25) is 0 Å². The second-order valence-corrected chi connectivity index (χ2v) is 5.12. The molecule has 70 valence electrons. The molecule has 0 aliphatic carbocycles. The molecule has 4 heteroatoms. The molecule has 0 aliphatic rings. The molecule has 0 heterocycles. The third-order valence-electron chi connectivity index (χ3n) is 1.50. The molecule has 1 aromatic rings. The summed E-state index contributed by atoms with van der Waals surface area (Å²) in [6.07, 6.45) is 1.92. The zero-order chi connectivity index (χ0) is 9.84. The Hall–Kier alpha value is 0.200. The lowest BCUT2D eigenvalue weighted by Gasteiger charge is -2.02. The Morgan fingerprint density at radius 1 is 1.46 bits per heavy atom. The first kappa shape index (κ1) is 11.3. The highest BCUT2D eigenvalue weighted by molar-refractivity contribution is 9.11. The van der Waals surface area contributed by atoms with Crippen LogP contribution in [0, 0.1) is 0 Å². The summed E-state index contributed by atoms with van der Waals surface area (Å²) in [7, 11) is 0. The van der Waals surface area contributed by atoms with E-state index < -0.39 is 0 Å². The van der Waals surface area contributed by atoms with Crippen molar-refractivity contribution < 1.29 is 4.79 Å². The van der Waals surface area contributed by atoms with E-state index >= 15 is 0 Å². The maximum absolute atomic E-state index is 11.5. The van der Waals surface area contributed by atoms with Gasteiger partial charge in [0.15, 0.2) is 5.78 Å². The average Bonchev–Trinajstić information content (AvgIpc) is 2.09. The molecule has 0 aromatic heterocycles. The Balaban J connectivity index is 2.99. The van der Waals surface area contributed by atoms with Crippen molar-refractivity contribution in [3.05, 3.63) is 32.7 Å². The molecule has 13 heavy (non-hydrogen) atoms. The molecule has 0 atom stereocenters. The number of rotatable bonds is 3. The van der Waals surface area contributed by atoms with Gasteiger partial charge in [-0.1, -0.05) is 31.9 Å². The highest BCUT2D eigenvalue weighted by atomic mass is 79.9. The van der Waals surface area contributed by atoms with E-state index in [1.54, 1.807) is 0 Å². The summed E-state index contributed by atoms with van der Waals surface area (Å²) in [5.41, 5.74) is 0.740. The molecule has 0 spiro atoms. The number of benzene rings is 1. The van der Waals surface area contributed by atoms with Gasteiger partial charge in [0, 0.05) is 14.5 Å². The minimum absolute atomic E-state index is 0.153. The molecular weight excluding hydrogens is 316 g/mol. The average molecular weight is 324 g/mol. The number of hydrogen-bond acceptors (Lipinski definition) is 2. The third kappa shape index (κ3) is 3.11. The Labute approximate surface area is 98.5 Å². The molecule has 0 radical (unpaired) electrons. The molecule has 0 saturated carbocycles. The number of carbonyl (C=O) groups is 1. The molecular formula is C9H8Br2OS. The standard InChI is InChI=1S/C9H8Br2OS/c1-13-5-9(12)7-4-6(10)2-3-8(7)11/h2-4H,5H2,1H3. The smallest absolute Gasteiger partial charge is 0.173 e. The molecule has 1 nitrogen and oxygen atoms in total. The summed E-state index contributed by atoms with van der Waals surface area (Å²) in [4.78, 5) is 11.5. The summed E-state index contributed by atoms with van der Waals surface area (Å²) in [6.45, 7) is 0. The lowest BCUT2D eigenvalue weighted by Crippen LogP contribution is -2.02. The first-order valence-electron chi connectivity index (χ1n) is 3.62. The summed E-state index contributed by atoms with van der Waals surface area (Å²) in [5, 5.41) is 0. The van der Waals surface area contributed by atoms with Crippen LogP contribution in [0.3, 0.4) is 0 Å². The van der Waals surface area contributed by atoms with E-state index in [-0.39, 0.29) is 5.78 Å². The van der Waals surface area contributed by atoms with Crippen molar-refractivity contribution in [2.45, 2.75) is 0 Å². The molecule has 0 bridgehead atoms. The highest BCUT2D eigenvalue weighted by Gasteiger charge is 2.09. The van der Waals surface area contributed by atoms with Crippen molar-refractivity contribution in [1.82, 2.24) is 0 Å². The van der Waals surface area contributed by atoms with Crippen LogP contribution in [0.5, 0.6) is 0 Å². The molecule has 1 rings (SSSR count). The maximum atomic E-state index is 11.5. The van der Waals surface area contributed by atoms with Crippen LogP contribution >= 0.6 is 43.6 Å². The van der Waals surface area contributed by atoms with E-state index in [0.29, 0.717) is 5.75 Å². The van der Waals surface area contributed by atoms with E-state index in [1.807, 2.05) is 24.5 Å². The summed E-state index contributed by atoms with van der Waals surface area (Å²) in [6, 6.07) is 5.61. The van der Waals surface area contributed by atoms with E-state index in [9.17, 15) is 4.79 Å². The first-order valence-corrected chi connectivity index (χ1v) is 6.60. The van der Waals surface area contributed by atoms with Gasteiger partial charge >= 0.3 is 0 Å². The van der Waals surface area contributed by atoms with Gasteiger partial charge in [0.05, 0.1) is 5.75 Å². The minimum atomic E-state index is 0.153. The van der Waals surface area contributed by atoms with Crippen molar-refractivity contribution in [3.63, 3.8) is 0 Å². The van der Waals surface area contributed by atoms with Gasteiger partial charge in [-0.2, -0.15) is 11.8 Å². The molecule has 0 saturated heterocycles. The Bertz CT molecular complexity index is 325. The Morgan fingerprint density at radius 3 is 2.77 bits per heavy atom. The van der Waals surface area contributed by atoms with Crippen LogP contribution in [0.1, 0.15) is 10.4 Å². The predicted octanol–water partition coefficient (Wildman–Crippen LogP) is 3.76. The largest absolute Gasteiger partial charge is 0.293 e. The van der Waals surface area contributed by atoms with Crippen molar-refractivity contribution in [3.8, 4) is 0 Å². The van der Waals surface area contributed by atoms with E-state index in [1.165, 1.54) is 11.8 Å². The van der Waals surface area contributed by atoms with Crippen molar-refractivity contribution in [1.29, 1.82) is 0 Å². The Morgan fingerprint density at radius 2 is 2.15 bits per heavy atom. The summed E-state index contributed by atoms with van der Waals surface area (Å²) < 4.78 is 1.79. The van der Waals surface area contributed by atoms with Crippen LogP contribution in [0.15, 0.2) is 27.1 Å². The maximum Gasteiger partial charge on any atom is 0.173 e. The monoisotopic (exact) mass is 322 g/mol. The zero-order valence-electron chi connectivity index (χ0n) is 7.01. The fourth-order valence-electron chi connectivity index (χ4n) is 0.920. The number of ketones is 1. The topological polar surface area (TPSA) is 17.1 Å². The fourth-order valence-corrected chi connectivity index (χ4v) is 2.17. The molecule has 0 aliphatic heterocycles. The lowest BCUT2D eigenvalue weighted by atomic mass is 10.1. The second-order valence-electron chi connectivity index (χ2n) is 2.48. The van der Waals surface area contributed by atoms with Crippen molar-refractivity contribution >= 4 is 49.4 Å².